The molecule has 0 saturated heterocycles. The molecule has 0 aliphatic rings. The van der Waals surface area contributed by atoms with Crippen molar-refractivity contribution in [2.75, 3.05) is 6.54 Å². The summed E-state index contributed by atoms with van der Waals surface area (Å²) in [5.74, 6) is -5.23. The van der Waals surface area contributed by atoms with Crippen LogP contribution in [0.15, 0.2) is 30.3 Å². The van der Waals surface area contributed by atoms with Crippen LogP contribution in [-0.2, 0) is 11.2 Å². The number of nitrogens with zero attached hydrogens (tertiary/aromatic N) is 1. The van der Waals surface area contributed by atoms with Crippen molar-refractivity contribution in [1.29, 1.82) is 0 Å². The van der Waals surface area contributed by atoms with E-state index in [0.717, 1.165) is 18.2 Å². The van der Waals surface area contributed by atoms with E-state index in [1.54, 1.807) is 0 Å². The van der Waals surface area contributed by atoms with Crippen molar-refractivity contribution < 1.29 is 27.8 Å². The molecule has 0 radical (unpaired) electrons. The van der Waals surface area contributed by atoms with Crippen LogP contribution in [0, 0.1) is 11.6 Å². The van der Waals surface area contributed by atoms with Crippen LogP contribution in [0.1, 0.15) is 32.0 Å². The molecule has 0 aliphatic heterocycles. The average molecular weight is 372 g/mol. The Morgan fingerprint density at radius 1 is 1.04 bits per heavy atom. The Hall–Kier alpha value is -2.03. The molecule has 0 spiro atoms. The Labute approximate surface area is 148 Å². The number of aliphatic hydroxyl groups is 2. The van der Waals surface area contributed by atoms with Gasteiger partial charge in [0.15, 0.2) is 11.4 Å². The van der Waals surface area contributed by atoms with E-state index in [0.29, 0.717) is 6.92 Å². The molecule has 0 amide bonds. The quantitative estimate of drug-likeness (QED) is 0.705. The van der Waals surface area contributed by atoms with Gasteiger partial charge in [0.25, 0.3) is 5.92 Å². The molecule has 0 fully saturated rings. The van der Waals surface area contributed by atoms with Gasteiger partial charge >= 0.3 is 0 Å². The van der Waals surface area contributed by atoms with Gasteiger partial charge in [-0.15, -0.1) is 0 Å². The van der Waals surface area contributed by atoms with Gasteiger partial charge in [-0.05, 0) is 44.2 Å². The van der Waals surface area contributed by atoms with Crippen LogP contribution in [0.4, 0.5) is 17.6 Å². The predicted octanol–water partition coefficient (Wildman–Crippen LogP) is 3.06. The maximum absolute atomic E-state index is 14.9. The van der Waals surface area contributed by atoms with Crippen LogP contribution in [0.2, 0.25) is 0 Å². The molecular formula is C18H20F4N2O2. The molecule has 1 aromatic heterocycles. The number of alkyl halides is 2. The van der Waals surface area contributed by atoms with Gasteiger partial charge < -0.3 is 15.9 Å². The Morgan fingerprint density at radius 2 is 1.58 bits per heavy atom. The molecule has 4 N–H and O–H groups in total. The monoisotopic (exact) mass is 372 g/mol. The molecule has 1 heterocycles. The minimum Gasteiger partial charge on any atom is -0.386 e. The van der Waals surface area contributed by atoms with Crippen molar-refractivity contribution in [2.45, 2.75) is 37.9 Å². The van der Waals surface area contributed by atoms with Crippen molar-refractivity contribution in [2.24, 2.45) is 5.73 Å². The number of nitrogens with two attached hydrogens (primary N) is 1. The molecular weight excluding hydrogens is 352 g/mol. The van der Waals surface area contributed by atoms with E-state index in [-0.39, 0.29) is 11.1 Å². The zero-order valence-electron chi connectivity index (χ0n) is 14.5. The highest BCUT2D eigenvalue weighted by Crippen LogP contribution is 2.39. The first kappa shape index (κ1) is 20.3. The smallest absolute Gasteiger partial charge is 0.280 e. The third kappa shape index (κ3) is 3.58. The fourth-order valence-corrected chi connectivity index (χ4v) is 2.49. The Balaban J connectivity index is 2.83. The van der Waals surface area contributed by atoms with Gasteiger partial charge in [-0.2, -0.15) is 0 Å². The van der Waals surface area contributed by atoms with E-state index in [4.69, 9.17) is 5.73 Å². The number of hydrogen-bond acceptors (Lipinski definition) is 4. The molecule has 142 valence electrons. The highest BCUT2D eigenvalue weighted by Gasteiger charge is 2.51. The zero-order valence-corrected chi connectivity index (χ0v) is 14.5. The first-order valence-electron chi connectivity index (χ1n) is 7.81. The van der Waals surface area contributed by atoms with Gasteiger partial charge in [0.1, 0.15) is 11.5 Å². The van der Waals surface area contributed by atoms with Crippen LogP contribution >= 0.6 is 0 Å². The maximum atomic E-state index is 14.9. The molecule has 1 aromatic carbocycles. The van der Waals surface area contributed by atoms with Crippen LogP contribution in [0.25, 0.3) is 11.3 Å². The van der Waals surface area contributed by atoms with E-state index in [1.165, 1.54) is 26.0 Å². The second-order valence-electron chi connectivity index (χ2n) is 6.74. The van der Waals surface area contributed by atoms with Gasteiger partial charge in [-0.3, -0.25) is 0 Å². The lowest BCUT2D eigenvalue weighted by atomic mass is 9.87. The summed E-state index contributed by atoms with van der Waals surface area (Å²) in [6.45, 7) is 2.10. The highest BCUT2D eigenvalue weighted by molar-refractivity contribution is 5.62. The van der Waals surface area contributed by atoms with Gasteiger partial charge in [-0.1, -0.05) is 0 Å². The number of halogens is 4. The summed E-state index contributed by atoms with van der Waals surface area (Å²) in [6.07, 6.45) is 0. The van der Waals surface area contributed by atoms with Crippen molar-refractivity contribution in [1.82, 2.24) is 4.98 Å². The van der Waals surface area contributed by atoms with E-state index in [2.05, 4.69) is 4.98 Å². The van der Waals surface area contributed by atoms with Crippen molar-refractivity contribution in [3.8, 4) is 11.3 Å². The fourth-order valence-electron chi connectivity index (χ4n) is 2.49. The number of aromatic nitrogens is 1. The minimum absolute atomic E-state index is 0.0926. The fraction of sp³-hybridized carbons (Fsp3) is 0.389. The number of rotatable bonds is 5. The highest BCUT2D eigenvalue weighted by atomic mass is 19.3. The molecule has 8 heteroatoms. The first-order valence-corrected chi connectivity index (χ1v) is 7.81. The molecule has 2 aromatic rings. The third-order valence-electron chi connectivity index (χ3n) is 4.18. The van der Waals surface area contributed by atoms with Crippen molar-refractivity contribution in [3.05, 3.63) is 53.2 Å². The lowest BCUT2D eigenvalue weighted by Gasteiger charge is -2.33. The van der Waals surface area contributed by atoms with E-state index in [9.17, 15) is 27.8 Å². The summed E-state index contributed by atoms with van der Waals surface area (Å²) < 4.78 is 56.0. The van der Waals surface area contributed by atoms with Crippen LogP contribution < -0.4 is 5.73 Å². The van der Waals surface area contributed by atoms with Gasteiger partial charge in [0.05, 0.1) is 11.3 Å². The summed E-state index contributed by atoms with van der Waals surface area (Å²) in [6, 6.07) is 5.40. The summed E-state index contributed by atoms with van der Waals surface area (Å²) >= 11 is 0. The van der Waals surface area contributed by atoms with Crippen LogP contribution in [0.3, 0.4) is 0 Å². The minimum atomic E-state index is -3.69. The van der Waals surface area contributed by atoms with Crippen molar-refractivity contribution in [3.63, 3.8) is 0 Å². The summed E-state index contributed by atoms with van der Waals surface area (Å²) in [5, 5.41) is 20.6. The Bertz CT molecular complexity index is 799. The topological polar surface area (TPSA) is 79.4 Å². The molecule has 2 rings (SSSR count). The summed E-state index contributed by atoms with van der Waals surface area (Å²) in [4.78, 5) is 3.84. The lowest BCUT2D eigenvalue weighted by Crippen LogP contribution is -2.50. The lowest BCUT2D eigenvalue weighted by molar-refractivity contribution is -0.172. The standard InChI is InChI=1S/C18H20F4N2O2/c1-16(2,25)12-8-13(18(26,9-23)17(3,21)22)24-15(14(12)20)10-4-6-11(19)7-5-10/h4-8,25-26H,9,23H2,1-3H3/t18-/m0/s1. The number of hydrogen-bond donors (Lipinski definition) is 3. The second-order valence-corrected chi connectivity index (χ2v) is 6.74. The first-order chi connectivity index (χ1) is 11.8. The molecule has 1 atom stereocenters. The SMILES string of the molecule is CC(C)(O)c1cc([C@@](O)(CN)C(C)(F)F)nc(-c2ccc(F)cc2)c1F. The molecule has 0 aliphatic carbocycles. The maximum Gasteiger partial charge on any atom is 0.280 e. The number of pyridine rings is 1. The molecule has 26 heavy (non-hydrogen) atoms. The van der Waals surface area contributed by atoms with Gasteiger partial charge in [0, 0.05) is 24.6 Å². The van der Waals surface area contributed by atoms with Gasteiger partial charge in [0.2, 0.25) is 0 Å². The van der Waals surface area contributed by atoms with Crippen LogP contribution in [0.5, 0.6) is 0 Å². The molecule has 4 nitrogen and oxygen atoms in total. The predicted molar refractivity (Wildman–Crippen MR) is 88.4 cm³/mol. The third-order valence-corrected chi connectivity index (χ3v) is 4.18. The zero-order chi connectivity index (χ0) is 19.9. The second kappa shape index (κ2) is 6.61. The largest absolute Gasteiger partial charge is 0.386 e. The summed E-state index contributed by atoms with van der Waals surface area (Å²) in [5.41, 5.74) is -0.535. The van der Waals surface area contributed by atoms with E-state index in [1.807, 2.05) is 0 Å². The Kier molecular flexibility index (Phi) is 5.15. The average Bonchev–Trinajstić information content (AvgIpc) is 2.53. The Morgan fingerprint density at radius 3 is 2.00 bits per heavy atom. The van der Waals surface area contributed by atoms with E-state index < -0.39 is 46.7 Å². The molecule has 0 saturated carbocycles. The van der Waals surface area contributed by atoms with Crippen LogP contribution in [-0.4, -0.2) is 27.7 Å². The summed E-state index contributed by atoms with van der Waals surface area (Å²) in [7, 11) is 0. The molecule has 0 unspecified atom stereocenters. The number of benzene rings is 1. The van der Waals surface area contributed by atoms with E-state index >= 15 is 0 Å². The molecule has 0 bridgehead atoms. The van der Waals surface area contributed by atoms with Crippen molar-refractivity contribution >= 4 is 0 Å². The van der Waals surface area contributed by atoms with Gasteiger partial charge in [-0.25, -0.2) is 22.5 Å². The normalized spacial score (nSPS) is 15.0.